The molecule has 0 aromatic rings. The first-order valence-corrected chi connectivity index (χ1v) is 0. The Kier molecular flexibility index (Phi) is 240. The largest absolute Gasteiger partial charge is 0 e. The molecule has 0 N–H and O–H groups in total. The zero-order chi connectivity index (χ0) is 0. The van der Waals surface area contributed by atoms with E-state index in [0.29, 0.717) is 0 Å². The average molecular weight is 276 g/mol. The van der Waals surface area contributed by atoms with Gasteiger partial charge in [0, 0.05) is 95.9 Å². The van der Waals surface area contributed by atoms with Crippen LogP contribution >= 0.6 is 0 Å². The van der Waals surface area contributed by atoms with Gasteiger partial charge in [0.2, 0.25) is 0 Å². The van der Waals surface area contributed by atoms with Crippen LogP contribution in [-0.4, -0.2) is 17.4 Å². The molecule has 26 valence electrons. The van der Waals surface area contributed by atoms with E-state index >= 15 is 0 Å². The van der Waals surface area contributed by atoms with Gasteiger partial charge in [0.25, 0.3) is 0 Å². The molecule has 0 fully saturated rings. The topological polar surface area (TPSA) is 0 Å². The van der Waals surface area contributed by atoms with Crippen LogP contribution in [0, 0.1) is 0 Å². The van der Waals surface area contributed by atoms with Crippen LogP contribution in [0.3, 0.4) is 0 Å². The van der Waals surface area contributed by atoms with Crippen molar-refractivity contribution in [1.82, 2.24) is 0 Å². The molecule has 0 nitrogen and oxygen atoms in total. The van der Waals surface area contributed by atoms with Crippen LogP contribution in [0.4, 0.5) is 0 Å². The Balaban J connectivity index is 0. The average Bonchev–Trinajstić information content (AvgIpc) is 0. The normalized spacial score (nSPS) is 0. The Bertz CT molecular complexity index is 11.6. The molecule has 5 heteroatoms. The molecule has 0 aliphatic heterocycles. The first-order chi connectivity index (χ1) is 0. The van der Waals surface area contributed by atoms with Crippen molar-refractivity contribution in [2.24, 2.45) is 0 Å². The minimum absolute atomic E-state index is 0. The summed E-state index contributed by atoms with van der Waals surface area (Å²) in [4.78, 5) is 0. The van der Waals surface area contributed by atoms with E-state index in [4.69, 9.17) is 0 Å². The van der Waals surface area contributed by atoms with E-state index in [9.17, 15) is 0 Å². The Morgan fingerprint density at radius 2 is 1.00 bits per heavy atom. The minimum Gasteiger partial charge on any atom is 0 e. The van der Waals surface area contributed by atoms with Gasteiger partial charge < -0.3 is 0 Å². The molecule has 0 aliphatic carbocycles. The quantitative estimate of drug-likeness (QED) is 0.528. The standard InChI is InChI=1S/Al.Cr.Fe.Nb.Ti. The second-order valence-corrected chi connectivity index (χ2v) is 0. The fourth-order valence-electron chi connectivity index (χ4n) is 0. The van der Waals surface area contributed by atoms with Crippen molar-refractivity contribution in [3.63, 3.8) is 0 Å². The summed E-state index contributed by atoms with van der Waals surface area (Å²) in [6.45, 7) is 0. The van der Waals surface area contributed by atoms with E-state index in [1.807, 2.05) is 0 Å². The molecule has 0 heterocycles. The predicted molar refractivity (Wildman–Crippen MR) is 5.75 cm³/mol. The molecule has 0 atom stereocenters. The smallest absolute Gasteiger partial charge is 0 e. The minimum atomic E-state index is 0. The van der Waals surface area contributed by atoms with Crippen LogP contribution < -0.4 is 0 Å². The van der Waals surface area contributed by atoms with E-state index in [1.165, 1.54) is 0 Å². The molecule has 0 rings (SSSR count). The molecule has 5 heavy (non-hydrogen) atoms. The van der Waals surface area contributed by atoms with Gasteiger partial charge in [0.1, 0.15) is 0 Å². The van der Waals surface area contributed by atoms with E-state index < -0.39 is 0 Å². The van der Waals surface area contributed by atoms with Gasteiger partial charge in [-0.2, -0.15) is 0 Å². The molecule has 0 aromatic carbocycles. The summed E-state index contributed by atoms with van der Waals surface area (Å²) in [6.07, 6.45) is 0. The number of rotatable bonds is 0. The van der Waals surface area contributed by atoms with Crippen LogP contribution in [0.25, 0.3) is 0 Å². The summed E-state index contributed by atoms with van der Waals surface area (Å²) in [5.41, 5.74) is 0. The Labute approximate surface area is 94.4 Å². The molecule has 0 aliphatic rings. The first-order valence-electron chi connectivity index (χ1n) is 0. The summed E-state index contributed by atoms with van der Waals surface area (Å²) in [7, 11) is 0. The zero-order valence-electron chi connectivity index (χ0n) is 2.29. The van der Waals surface area contributed by atoms with Crippen molar-refractivity contribution in [3.05, 3.63) is 0 Å². The zero-order valence-corrected chi connectivity index (χ0v) is 9.58. The van der Waals surface area contributed by atoms with Crippen LogP contribution in [-0.2, 0) is 78.5 Å². The first kappa shape index (κ1) is 43.1. The molecular weight excluding hydrogens is 276 g/mol. The second-order valence-electron chi connectivity index (χ2n) is 0. The second kappa shape index (κ2) is 27.8. The van der Waals surface area contributed by atoms with Crippen molar-refractivity contribution >= 4 is 17.4 Å². The summed E-state index contributed by atoms with van der Waals surface area (Å²) in [6, 6.07) is 0. The molecule has 0 unspecified atom stereocenters. The van der Waals surface area contributed by atoms with Crippen LogP contribution in [0.2, 0.25) is 0 Å². The van der Waals surface area contributed by atoms with Crippen LogP contribution in [0.1, 0.15) is 0 Å². The van der Waals surface area contributed by atoms with Crippen molar-refractivity contribution in [2.75, 3.05) is 0 Å². The fourth-order valence-corrected chi connectivity index (χ4v) is 0. The van der Waals surface area contributed by atoms with Gasteiger partial charge in [0.05, 0.1) is 0 Å². The molecule has 4 radical (unpaired) electrons. The molecular formula is AlCrFeNbTi. The summed E-state index contributed by atoms with van der Waals surface area (Å²) in [5.74, 6) is 0. The van der Waals surface area contributed by atoms with Crippen molar-refractivity contribution in [3.8, 4) is 0 Å². The number of hydrogen-bond donors (Lipinski definition) is 0. The Hall–Kier alpha value is 3.04. The van der Waals surface area contributed by atoms with Gasteiger partial charge in [-0.25, -0.2) is 0 Å². The third kappa shape index (κ3) is 19.4. The fraction of sp³-hybridized carbons (Fsp3) is 0. The maximum absolute atomic E-state index is 0. The maximum Gasteiger partial charge on any atom is 0 e. The van der Waals surface area contributed by atoms with Crippen molar-refractivity contribution in [2.45, 2.75) is 0 Å². The van der Waals surface area contributed by atoms with Gasteiger partial charge in [-0.1, -0.05) is 0 Å². The summed E-state index contributed by atoms with van der Waals surface area (Å²) in [5, 5.41) is 0. The van der Waals surface area contributed by atoms with E-state index in [1.54, 1.807) is 0 Å². The van der Waals surface area contributed by atoms with Gasteiger partial charge in [-0.3, -0.25) is 0 Å². The van der Waals surface area contributed by atoms with Crippen molar-refractivity contribution in [1.29, 1.82) is 0 Å². The van der Waals surface area contributed by atoms with Gasteiger partial charge in [0.15, 0.2) is 0 Å². The number of hydrogen-bond acceptors (Lipinski definition) is 0. The predicted octanol–water partition coefficient (Wildman–Crippen LogP) is -0.391. The maximum atomic E-state index is 0. The summed E-state index contributed by atoms with van der Waals surface area (Å²) >= 11 is 0. The molecule has 0 saturated heterocycles. The van der Waals surface area contributed by atoms with Gasteiger partial charge >= 0.3 is 0 Å². The van der Waals surface area contributed by atoms with Crippen LogP contribution in [0.5, 0.6) is 0 Å². The van der Waals surface area contributed by atoms with Crippen LogP contribution in [0.15, 0.2) is 0 Å². The van der Waals surface area contributed by atoms with E-state index in [-0.39, 0.29) is 95.9 Å². The van der Waals surface area contributed by atoms with Gasteiger partial charge in [-0.05, 0) is 0 Å². The SMILES string of the molecule is [Al].[Cr].[Fe].[Nb].[Ti]. The third-order valence-electron chi connectivity index (χ3n) is 0. The molecule has 0 bridgehead atoms. The van der Waals surface area contributed by atoms with Crippen molar-refractivity contribution < 1.29 is 78.5 Å². The molecule has 0 amide bonds. The third-order valence-corrected chi connectivity index (χ3v) is 0. The van der Waals surface area contributed by atoms with Gasteiger partial charge in [-0.15, -0.1) is 0 Å². The van der Waals surface area contributed by atoms with E-state index in [2.05, 4.69) is 0 Å². The van der Waals surface area contributed by atoms with E-state index in [0.717, 1.165) is 0 Å². The Morgan fingerprint density at radius 3 is 1.00 bits per heavy atom. The molecule has 0 aromatic heterocycles. The monoisotopic (exact) mass is 276 g/mol. The Morgan fingerprint density at radius 1 is 1.00 bits per heavy atom. The summed E-state index contributed by atoms with van der Waals surface area (Å²) < 4.78 is 0. The molecule has 0 saturated carbocycles. The molecule has 0 spiro atoms.